The maximum Gasteiger partial charge on any atom is 0.140 e. The molecule has 0 radical (unpaired) electrons. The van der Waals surface area contributed by atoms with Crippen LogP contribution in [0.3, 0.4) is 0 Å². The van der Waals surface area contributed by atoms with Gasteiger partial charge in [-0.05, 0) is 66.6 Å². The average Bonchev–Trinajstić information content (AvgIpc) is 3.46. The van der Waals surface area contributed by atoms with Crippen molar-refractivity contribution in [3.05, 3.63) is 135 Å². The van der Waals surface area contributed by atoms with Crippen LogP contribution < -0.4 is 15.5 Å². The zero-order chi connectivity index (χ0) is 26.8. The number of fused-ring (bicyclic) bond motifs is 4. The fourth-order valence-electron chi connectivity index (χ4n) is 6.87. The van der Waals surface area contributed by atoms with Crippen LogP contribution in [0.4, 0.5) is 11.4 Å². The Morgan fingerprint density at radius 2 is 1.52 bits per heavy atom. The molecule has 5 aromatic rings. The number of hydrogen-bond donors (Lipinski definition) is 1. The van der Waals surface area contributed by atoms with Crippen molar-refractivity contribution in [2.45, 2.75) is 25.7 Å². The lowest BCUT2D eigenvalue weighted by Crippen LogP contribution is -2.34. The van der Waals surface area contributed by atoms with Gasteiger partial charge in [0.1, 0.15) is 5.84 Å². The van der Waals surface area contributed by atoms with E-state index in [2.05, 4.69) is 119 Å². The molecule has 0 saturated heterocycles. The lowest BCUT2D eigenvalue weighted by molar-refractivity contribution is 0.950. The smallest absolute Gasteiger partial charge is 0.140 e. The first-order chi connectivity index (χ1) is 19.7. The molecular formula is C37H29N3. The molecule has 0 fully saturated rings. The van der Waals surface area contributed by atoms with E-state index in [-0.39, 0.29) is 0 Å². The van der Waals surface area contributed by atoms with Gasteiger partial charge in [0.2, 0.25) is 0 Å². The Bertz CT molecular complexity index is 2040. The molecule has 1 aromatic heterocycles. The summed E-state index contributed by atoms with van der Waals surface area (Å²) in [6.07, 6.45) is 13.2. The van der Waals surface area contributed by atoms with Crippen LogP contribution in [0.5, 0.6) is 0 Å². The first kappa shape index (κ1) is 23.0. The second kappa shape index (κ2) is 8.82. The van der Waals surface area contributed by atoms with Crippen LogP contribution in [-0.4, -0.2) is 10.4 Å². The fraction of sp³-hybridized carbons (Fsp3) is 0.108. The molecule has 8 rings (SSSR count). The SMILES string of the molecule is C=c1/c(=C2\C(=N)N(c3c4c(cc5c3CCC=C5)CCC=C4)c3ccccc32)n(-c2ccccc2)c2ccccc12. The van der Waals surface area contributed by atoms with Gasteiger partial charge in [-0.25, -0.2) is 0 Å². The topological polar surface area (TPSA) is 32.0 Å². The van der Waals surface area contributed by atoms with Gasteiger partial charge in [0.05, 0.1) is 27.8 Å². The van der Waals surface area contributed by atoms with Crippen molar-refractivity contribution in [2.75, 3.05) is 4.90 Å². The minimum Gasteiger partial charge on any atom is -0.309 e. The molecule has 3 nitrogen and oxygen atoms in total. The van der Waals surface area contributed by atoms with E-state index in [4.69, 9.17) is 0 Å². The van der Waals surface area contributed by atoms with E-state index in [9.17, 15) is 5.41 Å². The third-order valence-corrected chi connectivity index (χ3v) is 8.62. The van der Waals surface area contributed by atoms with Crippen LogP contribution in [0.25, 0.3) is 40.9 Å². The molecule has 1 N–H and O–H groups in total. The Morgan fingerprint density at radius 1 is 0.775 bits per heavy atom. The molecule has 2 heterocycles. The summed E-state index contributed by atoms with van der Waals surface area (Å²) in [4.78, 5) is 2.23. The summed E-state index contributed by atoms with van der Waals surface area (Å²) in [6, 6.07) is 29.8. The summed E-state index contributed by atoms with van der Waals surface area (Å²) in [5, 5.41) is 12.9. The predicted molar refractivity (Wildman–Crippen MR) is 168 cm³/mol. The molecular weight excluding hydrogens is 486 g/mol. The standard InChI is InChI=1S/C37H29N3/c1-24-28-17-9-11-21-32(28)39(27-15-3-2-4-16-27)35(24)34-31-20-10-12-22-33(31)40(37(34)38)36-29-18-7-5-13-25(29)23-26-14-6-8-19-30(26)36/h2-5,8-13,15-17,19-23,38H,1,6-7,14,18H2/b35-34+,38-37?. The number of benzene rings is 4. The largest absolute Gasteiger partial charge is 0.309 e. The van der Waals surface area contributed by atoms with Gasteiger partial charge in [-0.3, -0.25) is 10.3 Å². The van der Waals surface area contributed by atoms with Crippen molar-refractivity contribution < 1.29 is 0 Å². The molecule has 0 saturated carbocycles. The van der Waals surface area contributed by atoms with Gasteiger partial charge < -0.3 is 4.57 Å². The molecule has 192 valence electrons. The molecule has 0 bridgehead atoms. The van der Waals surface area contributed by atoms with E-state index in [1.54, 1.807) is 0 Å². The van der Waals surface area contributed by atoms with Gasteiger partial charge >= 0.3 is 0 Å². The first-order valence-electron chi connectivity index (χ1n) is 14.1. The number of rotatable bonds is 2. The molecule has 3 heteroatoms. The van der Waals surface area contributed by atoms with Crippen LogP contribution in [0.2, 0.25) is 0 Å². The van der Waals surface area contributed by atoms with Crippen molar-refractivity contribution >= 4 is 52.4 Å². The average molecular weight is 516 g/mol. The molecule has 2 aliphatic carbocycles. The van der Waals surface area contributed by atoms with Gasteiger partial charge in [0.25, 0.3) is 0 Å². The number of nitrogens with zero attached hydrogens (tertiary/aromatic N) is 2. The van der Waals surface area contributed by atoms with E-state index in [0.717, 1.165) is 69.7 Å². The lowest BCUT2D eigenvalue weighted by atomic mass is 9.85. The van der Waals surface area contributed by atoms with Gasteiger partial charge in [0.15, 0.2) is 0 Å². The van der Waals surface area contributed by atoms with E-state index in [1.165, 1.54) is 27.9 Å². The van der Waals surface area contributed by atoms with Crippen LogP contribution in [0, 0.1) is 5.41 Å². The monoisotopic (exact) mass is 515 g/mol. The number of para-hydroxylation sites is 3. The third kappa shape index (κ3) is 3.21. The van der Waals surface area contributed by atoms with Gasteiger partial charge in [0, 0.05) is 27.4 Å². The molecule has 0 unspecified atom stereocenters. The van der Waals surface area contributed by atoms with Crippen LogP contribution >= 0.6 is 0 Å². The third-order valence-electron chi connectivity index (χ3n) is 8.62. The highest BCUT2D eigenvalue weighted by atomic mass is 15.2. The van der Waals surface area contributed by atoms with Crippen LogP contribution in [0.15, 0.2) is 97.1 Å². The van der Waals surface area contributed by atoms with Gasteiger partial charge in [-0.15, -0.1) is 0 Å². The van der Waals surface area contributed by atoms with Crippen molar-refractivity contribution in [1.82, 2.24) is 4.57 Å². The highest BCUT2D eigenvalue weighted by Gasteiger charge is 2.36. The minimum absolute atomic E-state index is 0.509. The summed E-state index contributed by atoms with van der Waals surface area (Å²) in [5.74, 6) is 0.509. The molecule has 1 aliphatic heterocycles. The summed E-state index contributed by atoms with van der Waals surface area (Å²) in [5.41, 5.74) is 11.7. The Labute approximate surface area is 233 Å². The van der Waals surface area contributed by atoms with Crippen molar-refractivity contribution in [1.29, 1.82) is 5.41 Å². The van der Waals surface area contributed by atoms with Gasteiger partial charge in [-0.2, -0.15) is 0 Å². The summed E-state index contributed by atoms with van der Waals surface area (Å²) in [6.45, 7) is 4.61. The maximum absolute atomic E-state index is 9.89. The molecule has 0 atom stereocenters. The number of allylic oxidation sites excluding steroid dienone is 2. The summed E-state index contributed by atoms with van der Waals surface area (Å²) in [7, 11) is 0. The second-order valence-electron chi connectivity index (χ2n) is 10.8. The van der Waals surface area contributed by atoms with Crippen LogP contribution in [-0.2, 0) is 12.8 Å². The van der Waals surface area contributed by atoms with E-state index >= 15 is 0 Å². The van der Waals surface area contributed by atoms with E-state index in [1.807, 2.05) is 6.07 Å². The molecule has 40 heavy (non-hydrogen) atoms. The second-order valence-corrected chi connectivity index (χ2v) is 10.8. The van der Waals surface area contributed by atoms with Gasteiger partial charge in [-0.1, -0.05) is 91.5 Å². The minimum atomic E-state index is 0.509. The van der Waals surface area contributed by atoms with Crippen molar-refractivity contribution in [3.63, 3.8) is 0 Å². The Balaban J connectivity index is 1.50. The number of nitrogens with one attached hydrogen (secondary N) is 1. The number of amidine groups is 1. The highest BCUT2D eigenvalue weighted by molar-refractivity contribution is 6.36. The number of anilines is 2. The zero-order valence-electron chi connectivity index (χ0n) is 22.3. The van der Waals surface area contributed by atoms with Crippen LogP contribution in [0.1, 0.15) is 40.7 Å². The normalized spacial score (nSPS) is 16.8. The summed E-state index contributed by atoms with van der Waals surface area (Å²) < 4.78 is 2.29. The number of hydrogen-bond acceptors (Lipinski definition) is 1. The Hall–Kier alpha value is -4.89. The molecule has 0 amide bonds. The molecule has 0 spiro atoms. The number of aryl methyl sites for hydroxylation is 1. The fourth-order valence-corrected chi connectivity index (χ4v) is 6.87. The highest BCUT2D eigenvalue weighted by Crippen LogP contribution is 2.47. The van der Waals surface area contributed by atoms with Crippen molar-refractivity contribution in [3.8, 4) is 5.69 Å². The van der Waals surface area contributed by atoms with Crippen molar-refractivity contribution in [2.24, 2.45) is 0 Å². The zero-order valence-corrected chi connectivity index (χ0v) is 22.3. The van der Waals surface area contributed by atoms with E-state index < -0.39 is 0 Å². The predicted octanol–water partition coefficient (Wildman–Crippen LogP) is 7.29. The van der Waals surface area contributed by atoms with E-state index in [0.29, 0.717) is 5.84 Å². The summed E-state index contributed by atoms with van der Waals surface area (Å²) >= 11 is 0. The Morgan fingerprint density at radius 3 is 2.42 bits per heavy atom. The molecule has 4 aromatic carbocycles. The number of aromatic nitrogens is 1. The molecule has 3 aliphatic rings. The quantitative estimate of drug-likeness (QED) is 0.263. The lowest BCUT2D eigenvalue weighted by Gasteiger charge is -2.30. The maximum atomic E-state index is 9.89. The first-order valence-corrected chi connectivity index (χ1v) is 14.1. The Kier molecular flexibility index (Phi) is 5.08.